The third-order valence-corrected chi connectivity index (χ3v) is 4.27. The van der Waals surface area contributed by atoms with Gasteiger partial charge in [0.15, 0.2) is 0 Å². The van der Waals surface area contributed by atoms with E-state index in [-0.39, 0.29) is 0 Å². The molecule has 0 saturated heterocycles. The van der Waals surface area contributed by atoms with E-state index >= 15 is 0 Å². The van der Waals surface area contributed by atoms with Crippen molar-refractivity contribution in [2.45, 2.75) is 45.6 Å². The number of nitrogens with zero attached hydrogens (tertiary/aromatic N) is 4. The van der Waals surface area contributed by atoms with Gasteiger partial charge >= 0.3 is 0 Å². The maximum Gasteiger partial charge on any atom is 0.143 e. The molecule has 0 aliphatic heterocycles. The first-order chi connectivity index (χ1) is 9.74. The third-order valence-electron chi connectivity index (χ3n) is 4.27. The predicted molar refractivity (Wildman–Crippen MR) is 78.9 cm³/mol. The van der Waals surface area contributed by atoms with Gasteiger partial charge in [0.2, 0.25) is 0 Å². The van der Waals surface area contributed by atoms with Crippen molar-refractivity contribution in [1.29, 1.82) is 0 Å². The number of anilines is 1. The maximum atomic E-state index is 3.98. The van der Waals surface area contributed by atoms with Gasteiger partial charge in [-0.15, -0.1) is 5.10 Å². The number of aryl methyl sites for hydroxylation is 1. The molecule has 1 aromatic heterocycles. The molecule has 2 unspecified atom stereocenters. The van der Waals surface area contributed by atoms with Gasteiger partial charge in [0.25, 0.3) is 0 Å². The van der Waals surface area contributed by atoms with Crippen molar-refractivity contribution < 1.29 is 0 Å². The Morgan fingerprint density at radius 1 is 1.25 bits per heavy atom. The molecule has 20 heavy (non-hydrogen) atoms. The quantitative estimate of drug-likeness (QED) is 0.932. The van der Waals surface area contributed by atoms with E-state index in [0.29, 0.717) is 6.04 Å². The number of tetrazole rings is 1. The molecule has 1 heterocycles. The summed E-state index contributed by atoms with van der Waals surface area (Å²) in [5, 5.41) is 15.1. The highest BCUT2D eigenvalue weighted by Crippen LogP contribution is 2.28. The molecule has 2 atom stereocenters. The minimum Gasteiger partial charge on any atom is -0.382 e. The molecule has 1 aliphatic rings. The largest absolute Gasteiger partial charge is 0.382 e. The summed E-state index contributed by atoms with van der Waals surface area (Å²) in [7, 11) is 0. The number of rotatable bonds is 3. The Hall–Kier alpha value is -1.91. The monoisotopic (exact) mass is 271 g/mol. The van der Waals surface area contributed by atoms with Crippen LogP contribution in [0.3, 0.4) is 0 Å². The van der Waals surface area contributed by atoms with Crippen LogP contribution >= 0.6 is 0 Å². The van der Waals surface area contributed by atoms with Gasteiger partial charge in [-0.2, -0.15) is 0 Å². The van der Waals surface area contributed by atoms with Gasteiger partial charge in [0, 0.05) is 11.7 Å². The lowest BCUT2D eigenvalue weighted by Crippen LogP contribution is -2.30. The van der Waals surface area contributed by atoms with Crippen molar-refractivity contribution in [2.75, 3.05) is 5.32 Å². The average Bonchev–Trinajstić information content (AvgIpc) is 2.97. The fraction of sp³-hybridized carbons (Fsp3) is 0.533. The third kappa shape index (κ3) is 2.66. The van der Waals surface area contributed by atoms with Crippen molar-refractivity contribution in [3.8, 4) is 5.69 Å². The maximum absolute atomic E-state index is 3.98. The first-order valence-electron chi connectivity index (χ1n) is 7.34. The molecule has 1 aromatic carbocycles. The zero-order valence-electron chi connectivity index (χ0n) is 12.1. The minimum atomic E-state index is 0.577. The predicted octanol–water partition coefficient (Wildman–Crippen LogP) is 2.96. The van der Waals surface area contributed by atoms with Crippen LogP contribution < -0.4 is 5.32 Å². The first kappa shape index (κ1) is 13.1. The van der Waals surface area contributed by atoms with Crippen LogP contribution in [0, 0.1) is 12.8 Å². The van der Waals surface area contributed by atoms with Crippen LogP contribution in [0.4, 0.5) is 5.69 Å². The van der Waals surface area contributed by atoms with E-state index < -0.39 is 0 Å². The van der Waals surface area contributed by atoms with Crippen LogP contribution in [0.15, 0.2) is 24.5 Å². The molecular weight excluding hydrogens is 250 g/mol. The summed E-state index contributed by atoms with van der Waals surface area (Å²) in [5.74, 6) is 0.738. The molecule has 0 radical (unpaired) electrons. The molecule has 5 heteroatoms. The number of hydrogen-bond donors (Lipinski definition) is 1. The Morgan fingerprint density at radius 2 is 2.10 bits per heavy atom. The standard InChI is InChI=1S/C15H21N5/c1-11-5-3-4-6-14(11)17-13-8-7-12(2)15(9-13)20-10-16-18-19-20/h7-11,14,17H,3-6H2,1-2H3. The summed E-state index contributed by atoms with van der Waals surface area (Å²) < 4.78 is 1.71. The lowest BCUT2D eigenvalue weighted by molar-refractivity contribution is 0.349. The Kier molecular flexibility index (Phi) is 3.67. The normalized spacial score (nSPS) is 22.7. The molecule has 3 rings (SSSR count). The minimum absolute atomic E-state index is 0.577. The summed E-state index contributed by atoms with van der Waals surface area (Å²) in [5.41, 5.74) is 3.35. The molecule has 1 aliphatic carbocycles. The second-order valence-electron chi connectivity index (χ2n) is 5.77. The lowest BCUT2D eigenvalue weighted by Gasteiger charge is -2.30. The summed E-state index contributed by atoms with van der Waals surface area (Å²) in [4.78, 5) is 0. The Labute approximate surface area is 119 Å². The second kappa shape index (κ2) is 5.61. The molecule has 1 saturated carbocycles. The number of aromatic nitrogens is 4. The van der Waals surface area contributed by atoms with E-state index in [1.165, 1.54) is 31.2 Å². The average molecular weight is 271 g/mol. The lowest BCUT2D eigenvalue weighted by atomic mass is 9.86. The van der Waals surface area contributed by atoms with Gasteiger partial charge < -0.3 is 5.32 Å². The van der Waals surface area contributed by atoms with Crippen molar-refractivity contribution in [2.24, 2.45) is 5.92 Å². The van der Waals surface area contributed by atoms with Gasteiger partial charge in [0.05, 0.1) is 5.69 Å². The van der Waals surface area contributed by atoms with Crippen molar-refractivity contribution in [3.05, 3.63) is 30.1 Å². The summed E-state index contributed by atoms with van der Waals surface area (Å²) >= 11 is 0. The fourth-order valence-electron chi connectivity index (χ4n) is 2.96. The van der Waals surface area contributed by atoms with Gasteiger partial charge in [0.1, 0.15) is 6.33 Å². The van der Waals surface area contributed by atoms with Crippen LogP contribution in [0.5, 0.6) is 0 Å². The highest BCUT2D eigenvalue weighted by atomic mass is 15.5. The Balaban J connectivity index is 1.82. The summed E-state index contributed by atoms with van der Waals surface area (Å²) in [6.07, 6.45) is 6.91. The fourth-order valence-corrected chi connectivity index (χ4v) is 2.96. The van der Waals surface area contributed by atoms with E-state index in [0.717, 1.165) is 17.3 Å². The van der Waals surface area contributed by atoms with Gasteiger partial charge in [-0.25, -0.2) is 4.68 Å². The molecule has 1 fully saturated rings. The highest BCUT2D eigenvalue weighted by molar-refractivity contribution is 5.55. The van der Waals surface area contributed by atoms with Gasteiger partial charge in [-0.1, -0.05) is 25.8 Å². The Morgan fingerprint density at radius 3 is 2.85 bits per heavy atom. The van der Waals surface area contributed by atoms with Gasteiger partial charge in [-0.05, 0) is 53.8 Å². The second-order valence-corrected chi connectivity index (χ2v) is 5.77. The molecule has 2 aromatic rings. The smallest absolute Gasteiger partial charge is 0.143 e. The van der Waals surface area contributed by atoms with Crippen LogP contribution in [0.25, 0.3) is 5.69 Å². The number of benzene rings is 1. The molecule has 0 amide bonds. The van der Waals surface area contributed by atoms with Crippen LogP contribution in [-0.2, 0) is 0 Å². The molecule has 1 N–H and O–H groups in total. The zero-order valence-corrected chi connectivity index (χ0v) is 12.1. The van der Waals surface area contributed by atoms with E-state index in [9.17, 15) is 0 Å². The molecular formula is C15H21N5. The van der Waals surface area contributed by atoms with E-state index in [2.05, 4.69) is 52.9 Å². The van der Waals surface area contributed by atoms with E-state index in [4.69, 9.17) is 0 Å². The number of nitrogens with one attached hydrogen (secondary N) is 1. The molecule has 106 valence electrons. The summed E-state index contributed by atoms with van der Waals surface area (Å²) in [6, 6.07) is 6.97. The van der Waals surface area contributed by atoms with Crippen LogP contribution in [0.2, 0.25) is 0 Å². The highest BCUT2D eigenvalue weighted by Gasteiger charge is 2.21. The Bertz CT molecular complexity index is 564. The van der Waals surface area contributed by atoms with Crippen LogP contribution in [-0.4, -0.2) is 26.2 Å². The number of hydrogen-bond acceptors (Lipinski definition) is 4. The molecule has 5 nitrogen and oxygen atoms in total. The summed E-state index contributed by atoms with van der Waals surface area (Å²) in [6.45, 7) is 4.41. The molecule has 0 bridgehead atoms. The van der Waals surface area contributed by atoms with Crippen molar-refractivity contribution >= 4 is 5.69 Å². The molecule has 0 spiro atoms. The van der Waals surface area contributed by atoms with Crippen molar-refractivity contribution in [3.63, 3.8) is 0 Å². The first-order valence-corrected chi connectivity index (χ1v) is 7.34. The van der Waals surface area contributed by atoms with Crippen molar-refractivity contribution in [1.82, 2.24) is 20.2 Å². The zero-order chi connectivity index (χ0) is 13.9. The van der Waals surface area contributed by atoms with Crippen LogP contribution in [0.1, 0.15) is 38.2 Å². The topological polar surface area (TPSA) is 55.6 Å². The van der Waals surface area contributed by atoms with E-state index in [1.807, 2.05) is 0 Å². The van der Waals surface area contributed by atoms with E-state index in [1.54, 1.807) is 11.0 Å². The SMILES string of the molecule is Cc1ccc(NC2CCCCC2C)cc1-n1cnnn1. The van der Waals surface area contributed by atoms with Gasteiger partial charge in [-0.3, -0.25) is 0 Å².